The molecule has 0 radical (unpaired) electrons. The third-order valence-electron chi connectivity index (χ3n) is 3.73. The Morgan fingerprint density at radius 2 is 2.20 bits per heavy atom. The average molecular weight is 230 g/mol. The maximum atomic E-state index is 12.1. The summed E-state index contributed by atoms with van der Waals surface area (Å²) in [5.41, 5.74) is 0. The molecule has 1 saturated carbocycles. The summed E-state index contributed by atoms with van der Waals surface area (Å²) in [6, 6.07) is 0. The lowest BCUT2D eigenvalue weighted by molar-refractivity contribution is -0.132. The van der Waals surface area contributed by atoms with Crippen LogP contribution in [0.5, 0.6) is 0 Å². The maximum Gasteiger partial charge on any atom is 0.225 e. The Labute approximate surface area is 97.0 Å². The van der Waals surface area contributed by atoms with Gasteiger partial charge in [-0.2, -0.15) is 0 Å². The summed E-state index contributed by atoms with van der Waals surface area (Å²) in [6.45, 7) is 3.98. The summed E-state index contributed by atoms with van der Waals surface area (Å²) in [5, 5.41) is 0.281. The average Bonchev–Trinajstić information content (AvgIpc) is 3.00. The number of likely N-dealkylation sites (tertiary alicyclic amines) is 1. The van der Waals surface area contributed by atoms with Gasteiger partial charge in [0.15, 0.2) is 0 Å². The van der Waals surface area contributed by atoms with Crippen LogP contribution in [-0.2, 0) is 4.79 Å². The molecule has 1 saturated heterocycles. The first kappa shape index (κ1) is 11.3. The van der Waals surface area contributed by atoms with Crippen molar-refractivity contribution in [1.29, 1.82) is 0 Å². The summed E-state index contributed by atoms with van der Waals surface area (Å²) in [6.07, 6.45) is 5.38. The van der Waals surface area contributed by atoms with Gasteiger partial charge in [-0.25, -0.2) is 0 Å². The molecular weight excluding hydrogens is 210 g/mol. The van der Waals surface area contributed by atoms with Gasteiger partial charge in [0.1, 0.15) is 0 Å². The van der Waals surface area contributed by atoms with Crippen LogP contribution in [0.25, 0.3) is 0 Å². The fourth-order valence-electron chi connectivity index (χ4n) is 2.51. The third kappa shape index (κ3) is 2.66. The summed E-state index contributed by atoms with van der Waals surface area (Å²) >= 11 is 6.10. The van der Waals surface area contributed by atoms with Crippen LogP contribution in [0.15, 0.2) is 0 Å². The molecule has 0 aromatic carbocycles. The van der Waals surface area contributed by atoms with Crippen LogP contribution < -0.4 is 0 Å². The number of alkyl halides is 1. The maximum absolute atomic E-state index is 12.1. The summed E-state index contributed by atoms with van der Waals surface area (Å²) in [5.74, 6) is 1.42. The molecule has 2 nitrogen and oxygen atoms in total. The molecule has 86 valence electrons. The van der Waals surface area contributed by atoms with E-state index in [1.54, 1.807) is 0 Å². The van der Waals surface area contributed by atoms with E-state index in [0.29, 0.717) is 17.7 Å². The highest BCUT2D eigenvalue weighted by Crippen LogP contribution is 2.42. The minimum Gasteiger partial charge on any atom is -0.342 e. The summed E-state index contributed by atoms with van der Waals surface area (Å²) in [7, 11) is 0. The smallest absolute Gasteiger partial charge is 0.225 e. The molecule has 3 atom stereocenters. The van der Waals surface area contributed by atoms with Gasteiger partial charge in [0.25, 0.3) is 0 Å². The Hall–Kier alpha value is -0.240. The first-order valence-electron chi connectivity index (χ1n) is 6.15. The van der Waals surface area contributed by atoms with Crippen LogP contribution in [0.4, 0.5) is 0 Å². The molecule has 2 rings (SSSR count). The summed E-state index contributed by atoms with van der Waals surface area (Å²) in [4.78, 5) is 14.1. The Morgan fingerprint density at radius 1 is 1.40 bits per heavy atom. The molecule has 1 aliphatic heterocycles. The molecule has 0 bridgehead atoms. The number of nitrogens with zero attached hydrogens (tertiary/aromatic N) is 1. The van der Waals surface area contributed by atoms with E-state index >= 15 is 0 Å². The minimum absolute atomic E-state index is 0.281. The molecule has 1 heterocycles. The monoisotopic (exact) mass is 229 g/mol. The van der Waals surface area contributed by atoms with Gasteiger partial charge in [0, 0.05) is 24.4 Å². The molecular formula is C12H20ClNO. The van der Waals surface area contributed by atoms with Gasteiger partial charge in [-0.05, 0) is 31.6 Å². The van der Waals surface area contributed by atoms with Gasteiger partial charge >= 0.3 is 0 Å². The van der Waals surface area contributed by atoms with E-state index in [1.807, 2.05) is 4.90 Å². The number of rotatable bonds is 2. The zero-order valence-electron chi connectivity index (χ0n) is 9.42. The van der Waals surface area contributed by atoms with Crippen LogP contribution >= 0.6 is 11.6 Å². The number of amides is 1. The van der Waals surface area contributed by atoms with Crippen molar-refractivity contribution in [2.24, 2.45) is 11.8 Å². The van der Waals surface area contributed by atoms with Gasteiger partial charge in [0.05, 0.1) is 0 Å². The minimum atomic E-state index is 0.281. The predicted molar refractivity (Wildman–Crippen MR) is 62.0 cm³/mol. The second-order valence-corrected chi connectivity index (χ2v) is 5.48. The van der Waals surface area contributed by atoms with Crippen molar-refractivity contribution in [3.63, 3.8) is 0 Å². The molecule has 0 aromatic heterocycles. The van der Waals surface area contributed by atoms with Crippen molar-refractivity contribution >= 4 is 17.5 Å². The Bertz CT molecular complexity index is 244. The van der Waals surface area contributed by atoms with Gasteiger partial charge in [-0.15, -0.1) is 11.6 Å². The van der Waals surface area contributed by atoms with Crippen molar-refractivity contribution in [3.05, 3.63) is 0 Å². The topological polar surface area (TPSA) is 20.3 Å². The molecule has 1 aliphatic carbocycles. The van der Waals surface area contributed by atoms with E-state index in [0.717, 1.165) is 45.2 Å². The number of hydrogen-bond acceptors (Lipinski definition) is 1. The second-order valence-electron chi connectivity index (χ2n) is 4.86. The van der Waals surface area contributed by atoms with Crippen LogP contribution in [0.1, 0.15) is 39.0 Å². The fourth-order valence-corrected chi connectivity index (χ4v) is 2.76. The molecule has 2 fully saturated rings. The van der Waals surface area contributed by atoms with Gasteiger partial charge in [-0.1, -0.05) is 13.3 Å². The largest absolute Gasteiger partial charge is 0.342 e. The lowest BCUT2D eigenvalue weighted by atomic mass is 10.2. The molecule has 3 heteroatoms. The zero-order chi connectivity index (χ0) is 10.8. The normalized spacial score (nSPS) is 36.1. The van der Waals surface area contributed by atoms with Crippen LogP contribution in [-0.4, -0.2) is 29.3 Å². The zero-order valence-corrected chi connectivity index (χ0v) is 10.2. The molecule has 3 unspecified atom stereocenters. The molecule has 0 aromatic rings. The van der Waals surface area contributed by atoms with E-state index in [2.05, 4.69) is 6.92 Å². The lowest BCUT2D eigenvalue weighted by Gasteiger charge is -2.20. The van der Waals surface area contributed by atoms with Gasteiger partial charge in [0.2, 0.25) is 5.91 Å². The van der Waals surface area contributed by atoms with Crippen molar-refractivity contribution < 1.29 is 4.79 Å². The Kier molecular flexibility index (Phi) is 3.55. The van der Waals surface area contributed by atoms with Crippen LogP contribution in [0.2, 0.25) is 0 Å². The van der Waals surface area contributed by atoms with E-state index in [-0.39, 0.29) is 5.38 Å². The quantitative estimate of drug-likeness (QED) is 0.667. The van der Waals surface area contributed by atoms with Crippen molar-refractivity contribution in [2.75, 3.05) is 13.1 Å². The van der Waals surface area contributed by atoms with E-state index in [9.17, 15) is 4.79 Å². The predicted octanol–water partition coefficient (Wildman–Crippen LogP) is 2.65. The van der Waals surface area contributed by atoms with Crippen molar-refractivity contribution in [3.8, 4) is 0 Å². The van der Waals surface area contributed by atoms with Crippen molar-refractivity contribution in [1.82, 2.24) is 4.90 Å². The van der Waals surface area contributed by atoms with E-state index < -0.39 is 0 Å². The number of carbonyl (C=O) groups excluding carboxylic acids is 1. The highest BCUT2D eigenvalue weighted by atomic mass is 35.5. The van der Waals surface area contributed by atoms with Crippen LogP contribution in [0, 0.1) is 11.8 Å². The Balaban J connectivity index is 1.85. The highest BCUT2D eigenvalue weighted by molar-refractivity contribution is 6.20. The first-order valence-corrected chi connectivity index (χ1v) is 6.59. The molecule has 0 N–H and O–H groups in total. The SMILES string of the molecule is CCC1CC1C(=O)N1CCCC(Cl)CC1. The number of halogens is 1. The highest BCUT2D eigenvalue weighted by Gasteiger charge is 2.43. The van der Waals surface area contributed by atoms with Crippen molar-refractivity contribution in [2.45, 2.75) is 44.4 Å². The fraction of sp³-hybridized carbons (Fsp3) is 0.917. The van der Waals surface area contributed by atoms with E-state index in [1.165, 1.54) is 0 Å². The van der Waals surface area contributed by atoms with Gasteiger partial charge < -0.3 is 4.90 Å². The Morgan fingerprint density at radius 3 is 2.87 bits per heavy atom. The molecule has 2 aliphatic rings. The third-order valence-corrected chi connectivity index (χ3v) is 4.17. The summed E-state index contributed by atoms with van der Waals surface area (Å²) < 4.78 is 0. The molecule has 0 spiro atoms. The number of hydrogen-bond donors (Lipinski definition) is 0. The second kappa shape index (κ2) is 4.73. The van der Waals surface area contributed by atoms with Crippen LogP contribution in [0.3, 0.4) is 0 Å². The standard InChI is InChI=1S/C12H20ClNO/c1-2-9-8-11(9)12(15)14-6-3-4-10(13)5-7-14/h9-11H,2-8H2,1H3. The lowest BCUT2D eigenvalue weighted by Crippen LogP contribution is -2.33. The number of carbonyl (C=O) groups is 1. The molecule has 1 amide bonds. The van der Waals surface area contributed by atoms with E-state index in [4.69, 9.17) is 11.6 Å². The first-order chi connectivity index (χ1) is 7.22. The molecule has 15 heavy (non-hydrogen) atoms. The van der Waals surface area contributed by atoms with Gasteiger partial charge in [-0.3, -0.25) is 4.79 Å².